The molecular formula is C15H20ClNO4. The Labute approximate surface area is 129 Å². The van der Waals surface area contributed by atoms with Crippen LogP contribution in [0.5, 0.6) is 11.5 Å². The summed E-state index contributed by atoms with van der Waals surface area (Å²) in [5, 5.41) is 0.528. The molecule has 6 heteroatoms. The van der Waals surface area contributed by atoms with Gasteiger partial charge in [-0.15, -0.1) is 0 Å². The summed E-state index contributed by atoms with van der Waals surface area (Å²) in [5.41, 5.74) is 0.974. The molecule has 0 saturated carbocycles. The summed E-state index contributed by atoms with van der Waals surface area (Å²) in [5.74, 6) is 1.01. The first-order valence-corrected chi connectivity index (χ1v) is 7.36. The Bertz CT molecular complexity index is 519. The van der Waals surface area contributed by atoms with E-state index in [9.17, 15) is 4.79 Å². The number of carbonyl (C=O) groups excluding carboxylic acids is 1. The number of ether oxygens (including phenoxy) is 3. The van der Waals surface area contributed by atoms with E-state index in [0.717, 1.165) is 5.56 Å². The van der Waals surface area contributed by atoms with E-state index < -0.39 is 0 Å². The molecule has 0 atom stereocenters. The Balaban J connectivity index is 2.10. The summed E-state index contributed by atoms with van der Waals surface area (Å²) in [6.45, 7) is 7.29. The van der Waals surface area contributed by atoms with Crippen LogP contribution in [0, 0.1) is 0 Å². The molecule has 0 aromatic heterocycles. The minimum Gasteiger partial charge on any atom is -0.465 e. The summed E-state index contributed by atoms with van der Waals surface area (Å²) in [7, 11) is 0. The fraction of sp³-hybridized carbons (Fsp3) is 0.533. The average Bonchev–Trinajstić information content (AvgIpc) is 2.87. The van der Waals surface area contributed by atoms with Gasteiger partial charge in [0, 0.05) is 12.6 Å². The van der Waals surface area contributed by atoms with Crippen molar-refractivity contribution in [3.63, 3.8) is 0 Å². The van der Waals surface area contributed by atoms with Crippen molar-refractivity contribution in [1.82, 2.24) is 4.90 Å². The first-order chi connectivity index (χ1) is 10.0. The van der Waals surface area contributed by atoms with Gasteiger partial charge in [-0.1, -0.05) is 11.6 Å². The van der Waals surface area contributed by atoms with E-state index in [4.69, 9.17) is 25.8 Å². The number of nitrogens with zero attached hydrogens (tertiary/aromatic N) is 1. The van der Waals surface area contributed by atoms with Crippen LogP contribution in [-0.4, -0.2) is 36.9 Å². The molecule has 0 bridgehead atoms. The molecular weight excluding hydrogens is 294 g/mol. The number of esters is 1. The molecule has 116 valence electrons. The van der Waals surface area contributed by atoms with E-state index in [1.54, 1.807) is 6.92 Å². The van der Waals surface area contributed by atoms with Crippen LogP contribution in [0.1, 0.15) is 26.3 Å². The molecule has 5 nitrogen and oxygen atoms in total. The lowest BCUT2D eigenvalue weighted by molar-refractivity contribution is -0.145. The van der Waals surface area contributed by atoms with Gasteiger partial charge in [0.05, 0.1) is 18.2 Å². The maximum atomic E-state index is 11.7. The Morgan fingerprint density at radius 1 is 1.43 bits per heavy atom. The highest BCUT2D eigenvalue weighted by molar-refractivity contribution is 6.32. The zero-order valence-electron chi connectivity index (χ0n) is 12.5. The minimum atomic E-state index is -0.224. The Morgan fingerprint density at radius 3 is 2.86 bits per heavy atom. The van der Waals surface area contributed by atoms with E-state index in [1.807, 2.05) is 30.9 Å². The predicted molar refractivity (Wildman–Crippen MR) is 79.8 cm³/mol. The molecule has 1 heterocycles. The van der Waals surface area contributed by atoms with Gasteiger partial charge in [0.1, 0.15) is 0 Å². The molecule has 1 aliphatic heterocycles. The molecule has 0 unspecified atom stereocenters. The zero-order valence-corrected chi connectivity index (χ0v) is 13.3. The molecule has 0 amide bonds. The van der Waals surface area contributed by atoms with Crippen LogP contribution >= 0.6 is 11.6 Å². The van der Waals surface area contributed by atoms with Crippen LogP contribution in [0.25, 0.3) is 0 Å². The molecule has 0 spiro atoms. The SMILES string of the molecule is CCOC(=O)CN(Cc1cc(Cl)c2c(c1)OCO2)C(C)C. The summed E-state index contributed by atoms with van der Waals surface area (Å²) < 4.78 is 15.7. The standard InChI is InChI=1S/C15H20ClNO4/c1-4-19-14(18)8-17(10(2)3)7-11-5-12(16)15-13(6-11)20-9-21-15/h5-6,10H,4,7-9H2,1-3H3. The largest absolute Gasteiger partial charge is 0.465 e. The van der Waals surface area contributed by atoms with E-state index in [2.05, 4.69) is 0 Å². The maximum Gasteiger partial charge on any atom is 0.320 e. The fourth-order valence-corrected chi connectivity index (χ4v) is 2.43. The van der Waals surface area contributed by atoms with Crippen molar-refractivity contribution >= 4 is 17.6 Å². The van der Waals surface area contributed by atoms with Gasteiger partial charge in [-0.05, 0) is 38.5 Å². The first-order valence-electron chi connectivity index (χ1n) is 6.99. The highest BCUT2D eigenvalue weighted by Gasteiger charge is 2.21. The summed E-state index contributed by atoms with van der Waals surface area (Å²) in [6.07, 6.45) is 0. The number of rotatable bonds is 6. The van der Waals surface area contributed by atoms with E-state index in [-0.39, 0.29) is 25.3 Å². The van der Waals surface area contributed by atoms with Crippen LogP contribution in [0.2, 0.25) is 5.02 Å². The van der Waals surface area contributed by atoms with Crippen molar-refractivity contribution in [2.24, 2.45) is 0 Å². The predicted octanol–water partition coefficient (Wildman–Crippen LogP) is 2.84. The van der Waals surface area contributed by atoms with Gasteiger partial charge >= 0.3 is 5.97 Å². The lowest BCUT2D eigenvalue weighted by atomic mass is 10.1. The van der Waals surface area contributed by atoms with Gasteiger partial charge in [0.15, 0.2) is 11.5 Å². The second-order valence-electron chi connectivity index (χ2n) is 5.12. The van der Waals surface area contributed by atoms with Gasteiger partial charge in [-0.3, -0.25) is 9.69 Å². The van der Waals surface area contributed by atoms with Crippen molar-refractivity contribution in [2.45, 2.75) is 33.4 Å². The number of hydrogen-bond donors (Lipinski definition) is 0. The third kappa shape index (κ3) is 4.02. The van der Waals surface area contributed by atoms with Crippen LogP contribution in [0.15, 0.2) is 12.1 Å². The average molecular weight is 314 g/mol. The van der Waals surface area contributed by atoms with Gasteiger partial charge in [0.2, 0.25) is 6.79 Å². The second-order valence-corrected chi connectivity index (χ2v) is 5.52. The molecule has 0 fully saturated rings. The van der Waals surface area contributed by atoms with Crippen molar-refractivity contribution in [3.05, 3.63) is 22.7 Å². The summed E-state index contributed by atoms with van der Waals surface area (Å²) in [6, 6.07) is 3.95. The van der Waals surface area contributed by atoms with Gasteiger partial charge < -0.3 is 14.2 Å². The molecule has 0 aliphatic carbocycles. The normalized spacial score (nSPS) is 13.0. The Kier molecular flexibility index (Phi) is 5.31. The van der Waals surface area contributed by atoms with E-state index >= 15 is 0 Å². The fourth-order valence-electron chi connectivity index (χ4n) is 2.14. The van der Waals surface area contributed by atoms with Crippen molar-refractivity contribution in [1.29, 1.82) is 0 Å². The van der Waals surface area contributed by atoms with Crippen molar-refractivity contribution < 1.29 is 19.0 Å². The third-order valence-corrected chi connectivity index (χ3v) is 3.52. The monoisotopic (exact) mass is 313 g/mol. The van der Waals surface area contributed by atoms with Gasteiger partial charge in [0.25, 0.3) is 0 Å². The minimum absolute atomic E-state index is 0.190. The van der Waals surface area contributed by atoms with Crippen LogP contribution in [0.4, 0.5) is 0 Å². The molecule has 21 heavy (non-hydrogen) atoms. The summed E-state index contributed by atoms with van der Waals surface area (Å²) in [4.78, 5) is 13.7. The number of benzene rings is 1. The molecule has 0 N–H and O–H groups in total. The highest BCUT2D eigenvalue weighted by Crippen LogP contribution is 2.40. The molecule has 1 aliphatic rings. The van der Waals surface area contributed by atoms with E-state index in [1.165, 1.54) is 0 Å². The maximum absolute atomic E-state index is 11.7. The molecule has 1 aromatic rings. The highest BCUT2D eigenvalue weighted by atomic mass is 35.5. The lowest BCUT2D eigenvalue weighted by Crippen LogP contribution is -2.36. The van der Waals surface area contributed by atoms with Crippen molar-refractivity contribution in [2.75, 3.05) is 19.9 Å². The molecule has 0 radical (unpaired) electrons. The third-order valence-electron chi connectivity index (χ3n) is 3.24. The summed E-state index contributed by atoms with van der Waals surface area (Å²) >= 11 is 6.18. The molecule has 2 rings (SSSR count). The molecule has 0 saturated heterocycles. The van der Waals surface area contributed by atoms with E-state index in [0.29, 0.717) is 29.7 Å². The Hall–Kier alpha value is -1.46. The number of halogens is 1. The Morgan fingerprint density at radius 2 is 2.19 bits per heavy atom. The number of carbonyl (C=O) groups is 1. The van der Waals surface area contributed by atoms with Crippen LogP contribution in [-0.2, 0) is 16.1 Å². The van der Waals surface area contributed by atoms with Crippen LogP contribution in [0.3, 0.4) is 0 Å². The van der Waals surface area contributed by atoms with Crippen molar-refractivity contribution in [3.8, 4) is 11.5 Å². The molecule has 1 aromatic carbocycles. The first kappa shape index (κ1) is 15.9. The van der Waals surface area contributed by atoms with Gasteiger partial charge in [-0.25, -0.2) is 0 Å². The van der Waals surface area contributed by atoms with Gasteiger partial charge in [-0.2, -0.15) is 0 Å². The van der Waals surface area contributed by atoms with Crippen LogP contribution < -0.4 is 9.47 Å². The second kappa shape index (κ2) is 7.00. The zero-order chi connectivity index (χ0) is 15.4. The quantitative estimate of drug-likeness (QED) is 0.756. The lowest BCUT2D eigenvalue weighted by Gasteiger charge is -2.25. The number of hydrogen-bond acceptors (Lipinski definition) is 5. The number of fused-ring (bicyclic) bond motifs is 1. The topological polar surface area (TPSA) is 48.0 Å². The smallest absolute Gasteiger partial charge is 0.320 e.